The van der Waals surface area contributed by atoms with Gasteiger partial charge in [-0.3, -0.25) is 9.78 Å². The smallest absolute Gasteiger partial charge is 0.252 e. The number of carbonyl (C=O) groups excluding carboxylic acids is 1. The highest BCUT2D eigenvalue weighted by Gasteiger charge is 2.11. The number of nitrogens with one attached hydrogen (secondary N) is 1. The van der Waals surface area contributed by atoms with Crippen LogP contribution in [-0.2, 0) is 6.61 Å². The third-order valence-corrected chi connectivity index (χ3v) is 3.35. The van der Waals surface area contributed by atoms with Gasteiger partial charge in [-0.1, -0.05) is 19.1 Å². The average molecular weight is 309 g/mol. The fourth-order valence-electron chi connectivity index (χ4n) is 1.98. The van der Waals surface area contributed by atoms with Gasteiger partial charge in [-0.15, -0.1) is 0 Å². The standard InChI is InChI=1S/C18H19N3O2/c1-3-16(10-19)21-18(22)15-6-4-5-14(9-15)12-23-17-8-7-13(2)20-11-17/h4-9,11,16H,3,12H2,1-2H3,(H,21,22)/t16-/m1/s1. The summed E-state index contributed by atoms with van der Waals surface area (Å²) in [5.74, 6) is 0.429. The zero-order chi connectivity index (χ0) is 16.7. The van der Waals surface area contributed by atoms with Crippen molar-refractivity contribution in [1.29, 1.82) is 5.26 Å². The quantitative estimate of drug-likeness (QED) is 0.890. The molecular formula is C18H19N3O2. The predicted octanol–water partition coefficient (Wildman–Crippen LogP) is 3.00. The molecule has 0 spiro atoms. The molecule has 0 aliphatic heterocycles. The Kier molecular flexibility index (Phi) is 5.70. The minimum atomic E-state index is -0.471. The van der Waals surface area contributed by atoms with Crippen LogP contribution in [0.25, 0.3) is 0 Å². The highest BCUT2D eigenvalue weighted by atomic mass is 16.5. The van der Waals surface area contributed by atoms with Gasteiger partial charge in [-0.2, -0.15) is 5.26 Å². The molecule has 1 atom stereocenters. The second kappa shape index (κ2) is 7.95. The molecule has 0 fully saturated rings. The molecule has 23 heavy (non-hydrogen) atoms. The molecule has 1 amide bonds. The van der Waals surface area contributed by atoms with Gasteiger partial charge in [-0.25, -0.2) is 0 Å². The maximum absolute atomic E-state index is 12.1. The van der Waals surface area contributed by atoms with E-state index in [0.717, 1.165) is 11.3 Å². The van der Waals surface area contributed by atoms with Gasteiger partial charge in [0.05, 0.1) is 12.3 Å². The number of hydrogen-bond donors (Lipinski definition) is 1. The molecule has 0 saturated carbocycles. The second-order valence-corrected chi connectivity index (χ2v) is 5.19. The molecular weight excluding hydrogens is 290 g/mol. The van der Waals surface area contributed by atoms with Crippen molar-refractivity contribution in [2.75, 3.05) is 0 Å². The average Bonchev–Trinajstić information content (AvgIpc) is 2.59. The Morgan fingerprint density at radius 2 is 2.22 bits per heavy atom. The van der Waals surface area contributed by atoms with E-state index in [1.54, 1.807) is 24.4 Å². The van der Waals surface area contributed by atoms with E-state index in [1.165, 1.54) is 0 Å². The van der Waals surface area contributed by atoms with Crippen LogP contribution in [0.5, 0.6) is 5.75 Å². The normalized spacial score (nSPS) is 11.3. The summed E-state index contributed by atoms with van der Waals surface area (Å²) in [6.45, 7) is 4.12. The van der Waals surface area contributed by atoms with E-state index in [2.05, 4.69) is 16.4 Å². The number of benzene rings is 1. The van der Waals surface area contributed by atoms with Gasteiger partial charge in [0.1, 0.15) is 18.4 Å². The van der Waals surface area contributed by atoms with Gasteiger partial charge in [0.25, 0.3) is 5.91 Å². The molecule has 5 nitrogen and oxygen atoms in total. The first-order valence-electron chi connectivity index (χ1n) is 7.47. The molecule has 1 heterocycles. The van der Waals surface area contributed by atoms with Crippen LogP contribution in [0.15, 0.2) is 42.6 Å². The Balaban J connectivity index is 2.00. The monoisotopic (exact) mass is 309 g/mol. The third kappa shape index (κ3) is 4.82. The number of aromatic nitrogens is 1. The lowest BCUT2D eigenvalue weighted by Gasteiger charge is -2.10. The van der Waals surface area contributed by atoms with Crippen LogP contribution in [0.4, 0.5) is 0 Å². The minimum Gasteiger partial charge on any atom is -0.487 e. The first kappa shape index (κ1) is 16.5. The lowest BCUT2D eigenvalue weighted by molar-refractivity contribution is 0.0944. The fraction of sp³-hybridized carbons (Fsp3) is 0.278. The first-order valence-corrected chi connectivity index (χ1v) is 7.47. The zero-order valence-electron chi connectivity index (χ0n) is 13.2. The van der Waals surface area contributed by atoms with Crippen LogP contribution >= 0.6 is 0 Å². The van der Waals surface area contributed by atoms with Crippen molar-refractivity contribution in [2.45, 2.75) is 32.9 Å². The summed E-state index contributed by atoms with van der Waals surface area (Å²) in [6.07, 6.45) is 2.25. The van der Waals surface area contributed by atoms with Crippen LogP contribution in [0.3, 0.4) is 0 Å². The minimum absolute atomic E-state index is 0.253. The fourth-order valence-corrected chi connectivity index (χ4v) is 1.98. The van der Waals surface area contributed by atoms with E-state index >= 15 is 0 Å². The highest BCUT2D eigenvalue weighted by molar-refractivity contribution is 5.94. The van der Waals surface area contributed by atoms with Gasteiger partial charge in [0.2, 0.25) is 0 Å². The maximum atomic E-state index is 12.1. The largest absolute Gasteiger partial charge is 0.487 e. The summed E-state index contributed by atoms with van der Waals surface area (Å²) in [5, 5.41) is 11.6. The number of ether oxygens (including phenoxy) is 1. The summed E-state index contributed by atoms with van der Waals surface area (Å²) in [6, 6.07) is 12.5. The van der Waals surface area contributed by atoms with E-state index in [1.807, 2.05) is 32.0 Å². The van der Waals surface area contributed by atoms with Crippen LogP contribution in [0, 0.1) is 18.3 Å². The van der Waals surface area contributed by atoms with Gasteiger partial charge < -0.3 is 10.1 Å². The number of pyridine rings is 1. The Morgan fingerprint density at radius 1 is 1.39 bits per heavy atom. The van der Waals surface area contributed by atoms with Crippen molar-refractivity contribution >= 4 is 5.91 Å². The van der Waals surface area contributed by atoms with Crippen LogP contribution in [0.1, 0.15) is 35.0 Å². The summed E-state index contributed by atoms with van der Waals surface area (Å²) >= 11 is 0. The van der Waals surface area contributed by atoms with E-state index in [0.29, 0.717) is 24.3 Å². The van der Waals surface area contributed by atoms with Crippen molar-refractivity contribution in [3.8, 4) is 11.8 Å². The summed E-state index contributed by atoms with van der Waals surface area (Å²) in [7, 11) is 0. The molecule has 0 aliphatic carbocycles. The van der Waals surface area contributed by atoms with E-state index < -0.39 is 6.04 Å². The Labute approximate surface area is 135 Å². The first-order chi connectivity index (χ1) is 11.1. The molecule has 0 unspecified atom stereocenters. The summed E-state index contributed by atoms with van der Waals surface area (Å²) in [5.41, 5.74) is 2.32. The zero-order valence-corrected chi connectivity index (χ0v) is 13.2. The maximum Gasteiger partial charge on any atom is 0.252 e. The Morgan fingerprint density at radius 3 is 2.87 bits per heavy atom. The SMILES string of the molecule is CC[C@H](C#N)NC(=O)c1cccc(COc2ccc(C)nc2)c1. The van der Waals surface area contributed by atoms with E-state index in [4.69, 9.17) is 10.00 Å². The lowest BCUT2D eigenvalue weighted by atomic mass is 10.1. The topological polar surface area (TPSA) is 75.0 Å². The number of nitrogens with zero attached hydrogens (tertiary/aromatic N) is 2. The highest BCUT2D eigenvalue weighted by Crippen LogP contribution is 2.13. The molecule has 0 radical (unpaired) electrons. The number of nitriles is 1. The number of carbonyl (C=O) groups is 1. The van der Waals surface area contributed by atoms with Gasteiger partial charge in [-0.05, 0) is 43.2 Å². The molecule has 118 valence electrons. The van der Waals surface area contributed by atoms with Crippen LogP contribution in [0.2, 0.25) is 0 Å². The van der Waals surface area contributed by atoms with Crippen molar-refractivity contribution in [3.63, 3.8) is 0 Å². The van der Waals surface area contributed by atoms with Gasteiger partial charge >= 0.3 is 0 Å². The predicted molar refractivity (Wildman–Crippen MR) is 86.9 cm³/mol. The van der Waals surface area contributed by atoms with Crippen molar-refractivity contribution in [2.24, 2.45) is 0 Å². The van der Waals surface area contributed by atoms with Crippen molar-refractivity contribution in [1.82, 2.24) is 10.3 Å². The number of amides is 1. The van der Waals surface area contributed by atoms with Crippen LogP contribution < -0.4 is 10.1 Å². The second-order valence-electron chi connectivity index (χ2n) is 5.19. The molecule has 0 saturated heterocycles. The Bertz CT molecular complexity index is 705. The van der Waals surface area contributed by atoms with Crippen molar-refractivity contribution in [3.05, 3.63) is 59.4 Å². The van der Waals surface area contributed by atoms with Crippen LogP contribution in [-0.4, -0.2) is 16.9 Å². The number of hydrogen-bond acceptors (Lipinski definition) is 4. The van der Waals surface area contributed by atoms with E-state index in [-0.39, 0.29) is 5.91 Å². The molecule has 5 heteroatoms. The lowest BCUT2D eigenvalue weighted by Crippen LogP contribution is -2.33. The Hall–Kier alpha value is -2.87. The molecule has 1 N–H and O–H groups in total. The van der Waals surface area contributed by atoms with Gasteiger partial charge in [0, 0.05) is 11.3 Å². The molecule has 2 rings (SSSR count). The summed E-state index contributed by atoms with van der Waals surface area (Å²) < 4.78 is 5.66. The molecule has 0 aliphatic rings. The molecule has 1 aromatic carbocycles. The molecule has 0 bridgehead atoms. The summed E-state index contributed by atoms with van der Waals surface area (Å²) in [4.78, 5) is 16.3. The number of aryl methyl sites for hydroxylation is 1. The van der Waals surface area contributed by atoms with E-state index in [9.17, 15) is 4.79 Å². The molecule has 2 aromatic rings. The van der Waals surface area contributed by atoms with Gasteiger partial charge in [0.15, 0.2) is 0 Å². The molecule has 1 aromatic heterocycles. The number of rotatable bonds is 6. The van der Waals surface area contributed by atoms with Crippen molar-refractivity contribution < 1.29 is 9.53 Å². The third-order valence-electron chi connectivity index (χ3n) is 3.35.